The van der Waals surface area contributed by atoms with Crippen LogP contribution in [-0.2, 0) is 9.53 Å². The molecule has 0 radical (unpaired) electrons. The van der Waals surface area contributed by atoms with Crippen molar-refractivity contribution in [3.05, 3.63) is 71.0 Å². The maximum atomic E-state index is 13.6. The molecule has 1 saturated heterocycles. The Bertz CT molecular complexity index is 1300. The Labute approximate surface area is 213 Å². The number of halogens is 1. The van der Waals surface area contributed by atoms with E-state index in [4.69, 9.17) is 23.7 Å². The monoisotopic (exact) mass is 509 g/mol. The minimum Gasteiger partial charge on any atom is -0.502 e. The van der Waals surface area contributed by atoms with Gasteiger partial charge in [-0.15, -0.1) is 0 Å². The lowest BCUT2D eigenvalue weighted by Crippen LogP contribution is -2.37. The molecule has 0 saturated carbocycles. The second-order valence-corrected chi connectivity index (χ2v) is 9.04. The van der Waals surface area contributed by atoms with E-state index < -0.39 is 11.8 Å². The molecule has 2 N–H and O–H groups in total. The van der Waals surface area contributed by atoms with Gasteiger partial charge >= 0.3 is 5.97 Å². The van der Waals surface area contributed by atoms with E-state index in [-0.39, 0.29) is 47.6 Å². The van der Waals surface area contributed by atoms with Crippen LogP contribution in [0, 0.1) is 17.7 Å². The first-order valence-corrected chi connectivity index (χ1v) is 11.8. The van der Waals surface area contributed by atoms with Gasteiger partial charge in [0.15, 0.2) is 23.0 Å². The van der Waals surface area contributed by atoms with Gasteiger partial charge in [-0.1, -0.05) is 0 Å². The Morgan fingerprint density at radius 1 is 0.865 bits per heavy atom. The number of fused-ring (bicyclic) bond motifs is 2. The largest absolute Gasteiger partial charge is 0.502 e. The number of anilines is 1. The number of hydrogen-bond acceptors (Lipinski definition) is 8. The van der Waals surface area contributed by atoms with Crippen molar-refractivity contribution in [1.82, 2.24) is 0 Å². The number of methoxy groups -OCH3 is 4. The fourth-order valence-electron chi connectivity index (χ4n) is 5.50. The van der Waals surface area contributed by atoms with Crippen LogP contribution in [0.2, 0.25) is 0 Å². The van der Waals surface area contributed by atoms with Gasteiger partial charge in [0.1, 0.15) is 5.82 Å². The lowest BCUT2D eigenvalue weighted by Gasteiger charge is -2.40. The van der Waals surface area contributed by atoms with E-state index in [0.29, 0.717) is 22.7 Å². The van der Waals surface area contributed by atoms with E-state index in [1.54, 1.807) is 38.5 Å². The molecule has 1 heterocycles. The summed E-state index contributed by atoms with van der Waals surface area (Å²) in [6.07, 6.45) is 0. The van der Waals surface area contributed by atoms with E-state index in [9.17, 15) is 14.3 Å². The summed E-state index contributed by atoms with van der Waals surface area (Å²) in [5, 5.41) is 14.0. The van der Waals surface area contributed by atoms with E-state index in [2.05, 4.69) is 5.32 Å². The third-order valence-corrected chi connectivity index (χ3v) is 7.23. The molecule has 0 amide bonds. The summed E-state index contributed by atoms with van der Waals surface area (Å²) in [5.74, 6) is -0.549. The summed E-state index contributed by atoms with van der Waals surface area (Å²) in [4.78, 5) is 13.2. The number of cyclic esters (lactones) is 1. The van der Waals surface area contributed by atoms with Crippen molar-refractivity contribution in [1.29, 1.82) is 0 Å². The van der Waals surface area contributed by atoms with Crippen LogP contribution in [0.25, 0.3) is 0 Å². The Hall–Kier alpha value is -4.14. The van der Waals surface area contributed by atoms with Crippen LogP contribution in [0.15, 0.2) is 48.5 Å². The zero-order chi connectivity index (χ0) is 26.3. The molecule has 5 rings (SSSR count). The Balaban J connectivity index is 1.73. The molecule has 0 bridgehead atoms. The normalized spacial score (nSPS) is 21.9. The predicted octanol–water partition coefficient (Wildman–Crippen LogP) is 4.65. The summed E-state index contributed by atoms with van der Waals surface area (Å²) >= 11 is 0. The summed E-state index contributed by atoms with van der Waals surface area (Å²) < 4.78 is 41.2. The van der Waals surface area contributed by atoms with Gasteiger partial charge in [0.2, 0.25) is 5.75 Å². The van der Waals surface area contributed by atoms with Crippen LogP contribution in [0.1, 0.15) is 28.7 Å². The number of benzene rings is 3. The predicted molar refractivity (Wildman–Crippen MR) is 133 cm³/mol. The molecule has 0 aromatic heterocycles. The molecule has 1 aliphatic heterocycles. The molecular weight excluding hydrogens is 481 g/mol. The zero-order valence-electron chi connectivity index (χ0n) is 20.9. The van der Waals surface area contributed by atoms with Gasteiger partial charge in [0.25, 0.3) is 0 Å². The SMILES string of the molecule is COc1cc2c(cc1OC)[C@@H](Nc1ccc(F)cc1)C1COC(=O)[C@@H]1C2c1cc(OC)c(O)c(OC)c1. The maximum absolute atomic E-state index is 13.6. The minimum atomic E-state index is -0.553. The van der Waals surface area contributed by atoms with E-state index >= 15 is 0 Å². The molecule has 4 atom stereocenters. The van der Waals surface area contributed by atoms with Crippen molar-refractivity contribution < 1.29 is 38.0 Å². The van der Waals surface area contributed by atoms with Crippen LogP contribution in [0.3, 0.4) is 0 Å². The third-order valence-electron chi connectivity index (χ3n) is 7.23. The summed E-state index contributed by atoms with van der Waals surface area (Å²) in [7, 11) is 6.02. The topological polar surface area (TPSA) is 95.5 Å². The van der Waals surface area contributed by atoms with Crippen LogP contribution >= 0.6 is 0 Å². The molecule has 3 aromatic rings. The Morgan fingerprint density at radius 2 is 1.43 bits per heavy atom. The number of carbonyl (C=O) groups excluding carboxylic acids is 1. The highest BCUT2D eigenvalue weighted by molar-refractivity contribution is 5.79. The Morgan fingerprint density at radius 3 is 2.00 bits per heavy atom. The first-order chi connectivity index (χ1) is 17.9. The number of nitrogens with one attached hydrogen (secondary N) is 1. The lowest BCUT2D eigenvalue weighted by molar-refractivity contribution is -0.141. The highest BCUT2D eigenvalue weighted by atomic mass is 19.1. The van der Waals surface area contributed by atoms with Crippen LogP contribution in [-0.4, -0.2) is 46.1 Å². The number of aromatic hydroxyl groups is 1. The Kier molecular flexibility index (Phi) is 6.45. The number of rotatable bonds is 7. The van der Waals surface area contributed by atoms with Gasteiger partial charge in [0, 0.05) is 17.5 Å². The molecule has 2 aliphatic rings. The molecular formula is C28H28FNO7. The van der Waals surface area contributed by atoms with Gasteiger partial charge in [0.05, 0.1) is 47.0 Å². The summed E-state index contributed by atoms with van der Waals surface area (Å²) in [5.41, 5.74) is 3.13. The van der Waals surface area contributed by atoms with E-state index in [1.807, 2.05) is 12.1 Å². The number of phenolic OH excluding ortho intramolecular Hbond substituents is 1. The number of phenols is 1. The first-order valence-electron chi connectivity index (χ1n) is 11.8. The van der Waals surface area contributed by atoms with Gasteiger partial charge < -0.3 is 34.1 Å². The fraction of sp³-hybridized carbons (Fsp3) is 0.321. The zero-order valence-corrected chi connectivity index (χ0v) is 20.9. The number of esters is 1. The standard InChI is InChI=1S/C28H28FNO7/c1-33-20-11-17-18(12-21(20)34-2)26(30-16-7-5-15(29)6-8-16)19-13-37-28(32)25(19)24(17)14-9-22(35-3)27(31)23(10-14)36-4/h5-12,19,24-26,30-31H,13H2,1-4H3/t19?,24?,25-,26+/m0/s1. The first kappa shape index (κ1) is 24.5. The molecule has 37 heavy (non-hydrogen) atoms. The summed E-state index contributed by atoms with van der Waals surface area (Å²) in [6, 6.07) is 12.9. The van der Waals surface area contributed by atoms with Gasteiger partial charge in [-0.25, -0.2) is 4.39 Å². The smallest absolute Gasteiger partial charge is 0.310 e. The van der Waals surface area contributed by atoms with Crippen molar-refractivity contribution in [2.45, 2.75) is 12.0 Å². The molecule has 194 valence electrons. The molecule has 1 fully saturated rings. The highest BCUT2D eigenvalue weighted by Gasteiger charge is 2.52. The average molecular weight is 510 g/mol. The maximum Gasteiger partial charge on any atom is 0.310 e. The molecule has 9 heteroatoms. The highest BCUT2D eigenvalue weighted by Crippen LogP contribution is 2.55. The number of hydrogen-bond donors (Lipinski definition) is 2. The second kappa shape index (κ2) is 9.72. The molecule has 1 aliphatic carbocycles. The molecule has 8 nitrogen and oxygen atoms in total. The molecule has 0 spiro atoms. The summed E-state index contributed by atoms with van der Waals surface area (Å²) in [6.45, 7) is 0.207. The van der Waals surface area contributed by atoms with Crippen molar-refractivity contribution in [2.24, 2.45) is 11.8 Å². The van der Waals surface area contributed by atoms with Crippen LogP contribution in [0.5, 0.6) is 28.7 Å². The average Bonchev–Trinajstić information content (AvgIpc) is 3.30. The second-order valence-electron chi connectivity index (χ2n) is 9.04. The van der Waals surface area contributed by atoms with Gasteiger partial charge in [-0.2, -0.15) is 0 Å². The number of ether oxygens (including phenoxy) is 5. The van der Waals surface area contributed by atoms with Crippen LogP contribution in [0.4, 0.5) is 10.1 Å². The van der Waals surface area contributed by atoms with E-state index in [0.717, 1.165) is 11.1 Å². The molecule has 2 unspecified atom stereocenters. The van der Waals surface area contributed by atoms with Crippen molar-refractivity contribution in [3.8, 4) is 28.7 Å². The third kappa shape index (κ3) is 4.14. The van der Waals surface area contributed by atoms with Crippen molar-refractivity contribution in [3.63, 3.8) is 0 Å². The van der Waals surface area contributed by atoms with Crippen molar-refractivity contribution >= 4 is 11.7 Å². The van der Waals surface area contributed by atoms with Crippen LogP contribution < -0.4 is 24.3 Å². The van der Waals surface area contributed by atoms with E-state index in [1.165, 1.54) is 26.4 Å². The van der Waals surface area contributed by atoms with Gasteiger partial charge in [-0.05, 0) is 65.2 Å². The molecule has 3 aromatic carbocycles. The van der Waals surface area contributed by atoms with Crippen molar-refractivity contribution in [2.75, 3.05) is 40.4 Å². The van der Waals surface area contributed by atoms with Gasteiger partial charge in [-0.3, -0.25) is 4.79 Å². The lowest BCUT2D eigenvalue weighted by atomic mass is 9.65. The minimum absolute atomic E-state index is 0.126. The quantitative estimate of drug-likeness (QED) is 0.445. The fourth-order valence-corrected chi connectivity index (χ4v) is 5.50. The number of carbonyl (C=O) groups is 1.